The summed E-state index contributed by atoms with van der Waals surface area (Å²) in [6, 6.07) is 11.4. The number of ether oxygens (including phenoxy) is 1. The Hall–Kier alpha value is -3.68. The molecule has 2 aliphatic rings. The largest absolute Gasteiger partial charge is 0.494 e. The van der Waals surface area contributed by atoms with E-state index >= 15 is 0 Å². The minimum absolute atomic E-state index is 0.213. The highest BCUT2D eigenvalue weighted by atomic mass is 16.6. The SMILES string of the molecule is CCOc1ccc(Nc2ccc(N3C(=O)[C@@H]4CC=CC[C@H]4C3=O)cc2[N+](=O)[O-])cc1. The van der Waals surface area contributed by atoms with Gasteiger partial charge in [0.05, 0.1) is 29.1 Å². The van der Waals surface area contributed by atoms with Gasteiger partial charge < -0.3 is 10.1 Å². The number of amides is 2. The molecule has 154 valence electrons. The maximum Gasteiger partial charge on any atom is 0.294 e. The monoisotopic (exact) mass is 407 g/mol. The van der Waals surface area contributed by atoms with Crippen molar-refractivity contribution in [2.75, 3.05) is 16.8 Å². The second-order valence-electron chi connectivity index (χ2n) is 7.21. The molecular weight excluding hydrogens is 386 g/mol. The first-order chi connectivity index (χ1) is 14.5. The third kappa shape index (κ3) is 3.52. The van der Waals surface area contributed by atoms with Gasteiger partial charge in [-0.15, -0.1) is 0 Å². The third-order valence-corrected chi connectivity index (χ3v) is 5.39. The van der Waals surface area contributed by atoms with E-state index in [0.717, 1.165) is 4.90 Å². The van der Waals surface area contributed by atoms with E-state index in [1.54, 1.807) is 30.3 Å². The summed E-state index contributed by atoms with van der Waals surface area (Å²) in [5.74, 6) is -0.659. The van der Waals surface area contributed by atoms with Crippen LogP contribution in [0.4, 0.5) is 22.7 Å². The fourth-order valence-electron chi connectivity index (χ4n) is 3.93. The van der Waals surface area contributed by atoms with E-state index in [4.69, 9.17) is 4.74 Å². The number of fused-ring (bicyclic) bond motifs is 1. The summed E-state index contributed by atoms with van der Waals surface area (Å²) in [7, 11) is 0. The Morgan fingerprint density at radius 2 is 1.70 bits per heavy atom. The summed E-state index contributed by atoms with van der Waals surface area (Å²) in [6.07, 6.45) is 4.85. The van der Waals surface area contributed by atoms with Gasteiger partial charge in [0.2, 0.25) is 11.8 Å². The van der Waals surface area contributed by atoms with Gasteiger partial charge >= 0.3 is 0 Å². The first kappa shape index (κ1) is 19.6. The van der Waals surface area contributed by atoms with Crippen LogP contribution in [0.15, 0.2) is 54.6 Å². The third-order valence-electron chi connectivity index (χ3n) is 5.39. The lowest BCUT2D eigenvalue weighted by atomic mass is 9.85. The molecule has 1 N–H and O–H groups in total. The molecule has 2 aromatic rings. The first-order valence-electron chi connectivity index (χ1n) is 9.80. The summed E-state index contributed by atoms with van der Waals surface area (Å²) >= 11 is 0. The molecule has 0 unspecified atom stereocenters. The molecular formula is C22H21N3O5. The number of nitro benzene ring substituents is 1. The molecule has 2 aromatic carbocycles. The van der Waals surface area contributed by atoms with Crippen molar-refractivity contribution in [2.24, 2.45) is 11.8 Å². The van der Waals surface area contributed by atoms with Crippen LogP contribution < -0.4 is 15.0 Å². The Labute approximate surface area is 173 Å². The Morgan fingerprint density at radius 3 is 2.27 bits per heavy atom. The zero-order valence-electron chi connectivity index (χ0n) is 16.4. The van der Waals surface area contributed by atoms with Crippen LogP contribution in [0.3, 0.4) is 0 Å². The lowest BCUT2D eigenvalue weighted by Gasteiger charge is -2.16. The lowest BCUT2D eigenvalue weighted by molar-refractivity contribution is -0.383. The van der Waals surface area contributed by atoms with E-state index in [-0.39, 0.29) is 40.7 Å². The molecule has 8 nitrogen and oxygen atoms in total. The molecule has 1 aliphatic heterocycles. The van der Waals surface area contributed by atoms with E-state index in [2.05, 4.69) is 5.32 Å². The Bertz CT molecular complexity index is 1010. The molecule has 0 bridgehead atoms. The minimum Gasteiger partial charge on any atom is -0.494 e. The van der Waals surface area contributed by atoms with Crippen molar-refractivity contribution in [2.45, 2.75) is 19.8 Å². The van der Waals surface area contributed by atoms with Crippen LogP contribution in [-0.2, 0) is 9.59 Å². The second kappa shape index (κ2) is 7.98. The molecule has 8 heteroatoms. The molecule has 1 aliphatic carbocycles. The number of anilines is 3. The van der Waals surface area contributed by atoms with E-state index < -0.39 is 4.92 Å². The van der Waals surface area contributed by atoms with Crippen molar-refractivity contribution in [3.05, 3.63) is 64.7 Å². The van der Waals surface area contributed by atoms with E-state index in [1.165, 1.54) is 12.1 Å². The van der Waals surface area contributed by atoms with Gasteiger partial charge in [0.1, 0.15) is 11.4 Å². The predicted molar refractivity (Wildman–Crippen MR) is 112 cm³/mol. The molecule has 4 rings (SSSR count). The topological polar surface area (TPSA) is 102 Å². The fraction of sp³-hybridized carbons (Fsp3) is 0.273. The quantitative estimate of drug-likeness (QED) is 0.333. The van der Waals surface area contributed by atoms with Crippen LogP contribution in [0, 0.1) is 22.0 Å². The average molecular weight is 407 g/mol. The highest BCUT2D eigenvalue weighted by Gasteiger charge is 2.48. The maximum atomic E-state index is 12.8. The molecule has 2 amide bonds. The van der Waals surface area contributed by atoms with Gasteiger partial charge in [0, 0.05) is 11.8 Å². The molecule has 30 heavy (non-hydrogen) atoms. The summed E-state index contributed by atoms with van der Waals surface area (Å²) in [5.41, 5.74) is 0.934. The van der Waals surface area contributed by atoms with Crippen LogP contribution in [0.2, 0.25) is 0 Å². The summed E-state index contributed by atoms with van der Waals surface area (Å²) in [5, 5.41) is 14.7. The molecule has 1 fully saturated rings. The van der Waals surface area contributed by atoms with Crippen molar-refractivity contribution in [3.63, 3.8) is 0 Å². The minimum atomic E-state index is -0.528. The van der Waals surface area contributed by atoms with E-state index in [0.29, 0.717) is 30.9 Å². The van der Waals surface area contributed by atoms with E-state index in [1.807, 2.05) is 19.1 Å². The number of carbonyl (C=O) groups excluding carboxylic acids is 2. The number of carbonyl (C=O) groups is 2. The molecule has 0 spiro atoms. The van der Waals surface area contributed by atoms with Crippen LogP contribution >= 0.6 is 0 Å². The van der Waals surface area contributed by atoms with Gasteiger partial charge in [0.25, 0.3) is 5.69 Å². The van der Waals surface area contributed by atoms with Crippen molar-refractivity contribution >= 4 is 34.6 Å². The zero-order valence-corrected chi connectivity index (χ0v) is 16.4. The van der Waals surface area contributed by atoms with Gasteiger partial charge in [-0.25, -0.2) is 4.90 Å². The van der Waals surface area contributed by atoms with Crippen LogP contribution in [0.1, 0.15) is 19.8 Å². The van der Waals surface area contributed by atoms with Gasteiger partial charge in [-0.05, 0) is 56.2 Å². The first-order valence-corrected chi connectivity index (χ1v) is 9.80. The highest BCUT2D eigenvalue weighted by molar-refractivity contribution is 6.22. The van der Waals surface area contributed by atoms with Crippen LogP contribution in [0.25, 0.3) is 0 Å². The number of rotatable bonds is 6. The Kier molecular flexibility index (Phi) is 5.22. The second-order valence-corrected chi connectivity index (χ2v) is 7.21. The summed E-state index contributed by atoms with van der Waals surface area (Å²) in [4.78, 5) is 37.8. The van der Waals surface area contributed by atoms with Crippen LogP contribution in [0.5, 0.6) is 5.75 Å². The van der Waals surface area contributed by atoms with Crippen molar-refractivity contribution in [1.29, 1.82) is 0 Å². The number of nitro groups is 1. The number of allylic oxidation sites excluding steroid dienone is 2. The number of nitrogens with zero attached hydrogens (tertiary/aromatic N) is 2. The zero-order chi connectivity index (χ0) is 21.3. The molecule has 1 saturated heterocycles. The molecule has 0 aromatic heterocycles. The summed E-state index contributed by atoms with van der Waals surface area (Å²) < 4.78 is 5.40. The molecule has 2 atom stereocenters. The lowest BCUT2D eigenvalue weighted by Crippen LogP contribution is -2.30. The van der Waals surface area contributed by atoms with E-state index in [9.17, 15) is 19.7 Å². The number of hydrogen-bond donors (Lipinski definition) is 1. The molecule has 0 saturated carbocycles. The van der Waals surface area contributed by atoms with Crippen LogP contribution in [-0.4, -0.2) is 23.3 Å². The van der Waals surface area contributed by atoms with Gasteiger partial charge in [-0.1, -0.05) is 12.2 Å². The van der Waals surface area contributed by atoms with Gasteiger partial charge in [-0.2, -0.15) is 0 Å². The average Bonchev–Trinajstić information content (AvgIpc) is 3.00. The molecule has 1 heterocycles. The van der Waals surface area contributed by atoms with Gasteiger partial charge in [0.15, 0.2) is 0 Å². The van der Waals surface area contributed by atoms with Crippen molar-refractivity contribution in [1.82, 2.24) is 0 Å². The predicted octanol–water partition coefficient (Wildman–Crippen LogP) is 4.19. The van der Waals surface area contributed by atoms with Gasteiger partial charge in [-0.3, -0.25) is 19.7 Å². The van der Waals surface area contributed by atoms with Crippen molar-refractivity contribution < 1.29 is 19.2 Å². The number of hydrogen-bond acceptors (Lipinski definition) is 6. The van der Waals surface area contributed by atoms with Crippen molar-refractivity contribution in [3.8, 4) is 5.75 Å². The summed E-state index contributed by atoms with van der Waals surface area (Å²) in [6.45, 7) is 2.43. The fourth-order valence-corrected chi connectivity index (χ4v) is 3.93. The standard InChI is InChI=1S/C22H21N3O5/c1-2-30-16-10-7-14(8-11-16)23-19-12-9-15(13-20(19)25(28)29)24-21(26)17-5-3-4-6-18(17)22(24)27/h3-4,7-13,17-18,23H,2,5-6H2,1H3/t17-,18-/m1/s1. The normalized spacial score (nSPS) is 20.2. The Morgan fingerprint density at radius 1 is 1.07 bits per heavy atom. The maximum absolute atomic E-state index is 12.8. The number of imide groups is 1. The number of benzene rings is 2. The smallest absolute Gasteiger partial charge is 0.294 e. The Balaban J connectivity index is 1.62. The highest BCUT2D eigenvalue weighted by Crippen LogP contribution is 2.40. The number of nitrogens with one attached hydrogen (secondary N) is 1. The molecule has 0 radical (unpaired) electrons.